The molecule has 3 nitrogen and oxygen atoms in total. The van der Waals surface area contributed by atoms with E-state index in [-0.39, 0.29) is 0 Å². The van der Waals surface area contributed by atoms with Crippen molar-refractivity contribution in [2.45, 2.75) is 13.5 Å². The fourth-order valence-corrected chi connectivity index (χ4v) is 2.26. The van der Waals surface area contributed by atoms with E-state index in [1.165, 1.54) is 10.6 Å². The zero-order valence-corrected chi connectivity index (χ0v) is 9.63. The standard InChI is InChI=1S/C11H15N3S/c1-2-12-5-6-14-9-13-8-10(14)11-4-3-7-15-11/h3-4,7-9,12H,2,5-6H2,1H3. The van der Waals surface area contributed by atoms with Gasteiger partial charge in [0.2, 0.25) is 0 Å². The quantitative estimate of drug-likeness (QED) is 0.785. The average molecular weight is 221 g/mol. The molecule has 0 saturated heterocycles. The van der Waals surface area contributed by atoms with Crippen molar-refractivity contribution in [3.63, 3.8) is 0 Å². The summed E-state index contributed by atoms with van der Waals surface area (Å²) in [7, 11) is 0. The molecule has 1 N–H and O–H groups in total. The molecule has 0 aliphatic carbocycles. The summed E-state index contributed by atoms with van der Waals surface area (Å²) in [5.41, 5.74) is 1.21. The second kappa shape index (κ2) is 5.09. The molecule has 2 heterocycles. The molecule has 2 rings (SSSR count). The smallest absolute Gasteiger partial charge is 0.0951 e. The van der Waals surface area contributed by atoms with E-state index in [0.29, 0.717) is 0 Å². The summed E-state index contributed by atoms with van der Waals surface area (Å²) in [6, 6.07) is 4.20. The van der Waals surface area contributed by atoms with Gasteiger partial charge in [0, 0.05) is 13.1 Å². The van der Waals surface area contributed by atoms with Gasteiger partial charge in [-0.2, -0.15) is 0 Å². The molecule has 0 aromatic carbocycles. The Kier molecular flexibility index (Phi) is 3.53. The molecule has 2 aromatic rings. The predicted octanol–water partition coefficient (Wildman–Crippen LogP) is 2.22. The Bertz CT molecular complexity index is 392. The number of nitrogens with one attached hydrogen (secondary N) is 1. The Morgan fingerprint density at radius 2 is 2.47 bits per heavy atom. The largest absolute Gasteiger partial charge is 0.329 e. The molecule has 0 saturated carbocycles. The van der Waals surface area contributed by atoms with Crippen LogP contribution < -0.4 is 5.32 Å². The molecule has 0 radical (unpaired) electrons. The van der Waals surface area contributed by atoms with Crippen molar-refractivity contribution >= 4 is 11.3 Å². The predicted molar refractivity (Wildman–Crippen MR) is 64.1 cm³/mol. The lowest BCUT2D eigenvalue weighted by Gasteiger charge is -2.06. The lowest BCUT2D eigenvalue weighted by molar-refractivity contribution is 0.617. The molecule has 0 aliphatic rings. The second-order valence-electron chi connectivity index (χ2n) is 3.30. The van der Waals surface area contributed by atoms with Crippen LogP contribution in [0.1, 0.15) is 6.92 Å². The van der Waals surface area contributed by atoms with Gasteiger partial charge in [0.25, 0.3) is 0 Å². The van der Waals surface area contributed by atoms with Crippen molar-refractivity contribution in [2.24, 2.45) is 0 Å². The van der Waals surface area contributed by atoms with Gasteiger partial charge in [0.05, 0.1) is 23.1 Å². The number of rotatable bonds is 5. The fourth-order valence-electron chi connectivity index (χ4n) is 1.50. The number of thiophene rings is 1. The van der Waals surface area contributed by atoms with Crippen LogP contribution in [0.5, 0.6) is 0 Å². The highest BCUT2D eigenvalue weighted by Gasteiger charge is 2.04. The van der Waals surface area contributed by atoms with Gasteiger partial charge in [-0.1, -0.05) is 13.0 Å². The van der Waals surface area contributed by atoms with Crippen LogP contribution in [-0.2, 0) is 6.54 Å². The van der Waals surface area contributed by atoms with Gasteiger partial charge in [-0.15, -0.1) is 11.3 Å². The number of aromatic nitrogens is 2. The lowest BCUT2D eigenvalue weighted by Crippen LogP contribution is -2.19. The SMILES string of the molecule is CCNCCn1cncc1-c1cccs1. The molecular weight excluding hydrogens is 206 g/mol. The molecule has 80 valence electrons. The maximum Gasteiger partial charge on any atom is 0.0951 e. The Balaban J connectivity index is 2.09. The highest BCUT2D eigenvalue weighted by Crippen LogP contribution is 2.23. The van der Waals surface area contributed by atoms with Gasteiger partial charge in [0.1, 0.15) is 0 Å². The first kappa shape index (κ1) is 10.4. The van der Waals surface area contributed by atoms with Crippen LogP contribution in [0.4, 0.5) is 0 Å². The van der Waals surface area contributed by atoms with E-state index in [2.05, 4.69) is 39.3 Å². The van der Waals surface area contributed by atoms with Crippen molar-refractivity contribution < 1.29 is 0 Å². The molecule has 0 spiro atoms. The first-order valence-corrected chi connectivity index (χ1v) is 6.04. The van der Waals surface area contributed by atoms with Gasteiger partial charge in [-0.05, 0) is 18.0 Å². The summed E-state index contributed by atoms with van der Waals surface area (Å²) in [6.07, 6.45) is 3.82. The fraction of sp³-hybridized carbons (Fsp3) is 0.364. The summed E-state index contributed by atoms with van der Waals surface area (Å²) in [6.45, 7) is 5.10. The number of likely N-dealkylation sites (N-methyl/N-ethyl adjacent to an activating group) is 1. The molecule has 4 heteroatoms. The van der Waals surface area contributed by atoms with Crippen molar-refractivity contribution in [3.8, 4) is 10.6 Å². The topological polar surface area (TPSA) is 29.9 Å². The normalized spacial score (nSPS) is 10.7. The van der Waals surface area contributed by atoms with E-state index >= 15 is 0 Å². The third kappa shape index (κ3) is 2.46. The minimum absolute atomic E-state index is 0.973. The van der Waals surface area contributed by atoms with Crippen LogP contribution in [0.2, 0.25) is 0 Å². The van der Waals surface area contributed by atoms with Crippen LogP contribution >= 0.6 is 11.3 Å². The Labute approximate surface area is 93.8 Å². The third-order valence-electron chi connectivity index (χ3n) is 2.27. The van der Waals surface area contributed by atoms with Crippen molar-refractivity contribution in [1.29, 1.82) is 0 Å². The molecule has 2 aromatic heterocycles. The molecule has 0 atom stereocenters. The molecule has 0 unspecified atom stereocenters. The molecule has 0 aliphatic heterocycles. The van der Waals surface area contributed by atoms with Crippen molar-refractivity contribution in [3.05, 3.63) is 30.0 Å². The van der Waals surface area contributed by atoms with E-state index < -0.39 is 0 Å². The highest BCUT2D eigenvalue weighted by atomic mass is 32.1. The lowest BCUT2D eigenvalue weighted by atomic mass is 10.3. The van der Waals surface area contributed by atoms with E-state index in [0.717, 1.165) is 19.6 Å². The molecule has 0 amide bonds. The summed E-state index contributed by atoms with van der Waals surface area (Å²) >= 11 is 1.75. The molecular formula is C11H15N3S. The summed E-state index contributed by atoms with van der Waals surface area (Å²) < 4.78 is 2.19. The summed E-state index contributed by atoms with van der Waals surface area (Å²) in [5.74, 6) is 0. The Hall–Kier alpha value is -1.13. The Morgan fingerprint density at radius 3 is 3.20 bits per heavy atom. The molecule has 0 bridgehead atoms. The van der Waals surface area contributed by atoms with Crippen LogP contribution in [0, 0.1) is 0 Å². The Morgan fingerprint density at radius 1 is 1.53 bits per heavy atom. The van der Waals surface area contributed by atoms with Gasteiger partial charge in [-0.25, -0.2) is 4.98 Å². The van der Waals surface area contributed by atoms with Gasteiger partial charge >= 0.3 is 0 Å². The summed E-state index contributed by atoms with van der Waals surface area (Å²) in [4.78, 5) is 5.48. The second-order valence-corrected chi connectivity index (χ2v) is 4.25. The van der Waals surface area contributed by atoms with E-state index in [9.17, 15) is 0 Å². The van der Waals surface area contributed by atoms with Gasteiger partial charge in [-0.3, -0.25) is 0 Å². The number of hydrogen-bond acceptors (Lipinski definition) is 3. The zero-order chi connectivity index (χ0) is 10.5. The number of imidazole rings is 1. The summed E-state index contributed by atoms with van der Waals surface area (Å²) in [5, 5.41) is 5.41. The first-order chi connectivity index (χ1) is 7.42. The third-order valence-corrected chi connectivity index (χ3v) is 3.16. The number of nitrogens with zero attached hydrogens (tertiary/aromatic N) is 2. The highest BCUT2D eigenvalue weighted by molar-refractivity contribution is 7.13. The average Bonchev–Trinajstić information content (AvgIpc) is 2.87. The van der Waals surface area contributed by atoms with Crippen molar-refractivity contribution in [1.82, 2.24) is 14.9 Å². The maximum absolute atomic E-state index is 4.20. The monoisotopic (exact) mass is 221 g/mol. The van der Waals surface area contributed by atoms with Gasteiger partial charge < -0.3 is 9.88 Å². The first-order valence-electron chi connectivity index (χ1n) is 5.16. The van der Waals surface area contributed by atoms with Crippen LogP contribution in [0.25, 0.3) is 10.6 Å². The van der Waals surface area contributed by atoms with E-state index in [4.69, 9.17) is 0 Å². The van der Waals surface area contributed by atoms with E-state index in [1.54, 1.807) is 11.3 Å². The minimum Gasteiger partial charge on any atom is -0.329 e. The van der Waals surface area contributed by atoms with Crippen molar-refractivity contribution in [2.75, 3.05) is 13.1 Å². The molecule has 15 heavy (non-hydrogen) atoms. The zero-order valence-electron chi connectivity index (χ0n) is 8.81. The number of hydrogen-bond donors (Lipinski definition) is 1. The molecule has 0 fully saturated rings. The van der Waals surface area contributed by atoms with E-state index in [1.807, 2.05) is 12.5 Å². The van der Waals surface area contributed by atoms with Crippen LogP contribution in [-0.4, -0.2) is 22.6 Å². The minimum atomic E-state index is 0.973. The maximum atomic E-state index is 4.20. The van der Waals surface area contributed by atoms with Gasteiger partial charge in [0.15, 0.2) is 0 Å². The van der Waals surface area contributed by atoms with Crippen LogP contribution in [0.3, 0.4) is 0 Å². The van der Waals surface area contributed by atoms with Crippen LogP contribution in [0.15, 0.2) is 30.0 Å².